The summed E-state index contributed by atoms with van der Waals surface area (Å²) in [6.07, 6.45) is 3.30. The minimum Gasteiger partial charge on any atom is -0.502 e. The zero-order chi connectivity index (χ0) is 24.4. The number of ether oxygens (including phenoxy) is 4. The van der Waals surface area contributed by atoms with Crippen LogP contribution >= 0.6 is 0 Å². The zero-order valence-corrected chi connectivity index (χ0v) is 21.0. The Labute approximate surface area is 198 Å². The number of rotatable bonds is 14. The fourth-order valence-electron chi connectivity index (χ4n) is 3.34. The van der Waals surface area contributed by atoms with Crippen molar-refractivity contribution in [2.45, 2.75) is 72.6 Å². The van der Waals surface area contributed by atoms with Gasteiger partial charge in [0.15, 0.2) is 23.0 Å². The largest absolute Gasteiger partial charge is 0.502 e. The quantitative estimate of drug-likeness (QED) is 0.332. The normalized spacial score (nSPS) is 11.3. The molecule has 0 heterocycles. The predicted molar refractivity (Wildman–Crippen MR) is 131 cm³/mol. The molecule has 0 amide bonds. The molecule has 0 atom stereocenters. The Balaban J connectivity index is 2.60. The number of benzene rings is 2. The van der Waals surface area contributed by atoms with Crippen LogP contribution in [0.4, 0.5) is 0 Å². The summed E-state index contributed by atoms with van der Waals surface area (Å²) in [5.41, 5.74) is 1.29. The lowest BCUT2D eigenvalue weighted by atomic mass is 9.77. The molecule has 0 saturated carbocycles. The van der Waals surface area contributed by atoms with Gasteiger partial charge in [-0.05, 0) is 61.1 Å². The molecule has 0 saturated heterocycles. The van der Waals surface area contributed by atoms with Gasteiger partial charge in [0.1, 0.15) is 0 Å². The van der Waals surface area contributed by atoms with Crippen molar-refractivity contribution in [3.05, 3.63) is 35.4 Å². The predicted octanol–water partition coefficient (Wildman–Crippen LogP) is 6.58. The molecule has 0 aromatic heterocycles. The Kier molecular flexibility index (Phi) is 10.0. The first-order valence-electron chi connectivity index (χ1n) is 12.1. The van der Waals surface area contributed by atoms with E-state index in [9.17, 15) is 10.2 Å². The van der Waals surface area contributed by atoms with Crippen LogP contribution in [0, 0.1) is 0 Å². The average Bonchev–Trinajstić information content (AvgIpc) is 2.80. The fourth-order valence-corrected chi connectivity index (χ4v) is 3.34. The van der Waals surface area contributed by atoms with Gasteiger partial charge in [0.2, 0.25) is 11.5 Å². The zero-order valence-electron chi connectivity index (χ0n) is 21.0. The number of hydrogen-bond donors (Lipinski definition) is 2. The first-order chi connectivity index (χ1) is 15.8. The maximum absolute atomic E-state index is 10.7. The summed E-state index contributed by atoms with van der Waals surface area (Å²) < 4.78 is 23.3. The van der Waals surface area contributed by atoms with Crippen molar-refractivity contribution >= 4 is 0 Å². The highest BCUT2D eigenvalue weighted by molar-refractivity contribution is 5.59. The number of hydrogen-bond acceptors (Lipinski definition) is 6. The molecule has 2 aromatic carbocycles. The van der Waals surface area contributed by atoms with E-state index in [2.05, 4.69) is 13.8 Å². The highest BCUT2D eigenvalue weighted by atomic mass is 16.5. The van der Waals surface area contributed by atoms with Crippen molar-refractivity contribution in [3.8, 4) is 34.5 Å². The van der Waals surface area contributed by atoms with Gasteiger partial charge in [0.25, 0.3) is 0 Å². The Morgan fingerprint density at radius 2 is 0.788 bits per heavy atom. The number of phenolic OH excluding ortho intramolecular Hbond substituents is 2. The summed E-state index contributed by atoms with van der Waals surface area (Å²) in [4.78, 5) is 0. The second-order valence-corrected chi connectivity index (χ2v) is 8.66. The molecule has 0 fully saturated rings. The minimum absolute atomic E-state index is 0.0149. The van der Waals surface area contributed by atoms with E-state index in [1.807, 2.05) is 52.0 Å². The maximum atomic E-state index is 10.7. The molecule has 6 nitrogen and oxygen atoms in total. The molecule has 6 heteroatoms. The lowest BCUT2D eigenvalue weighted by molar-refractivity contribution is 0.270. The SMILES string of the molecule is CCCOc1cc(C(C)(C)c2cc(OCCC)c(O)c(OCCC)c2)cc(OCCC)c1O. The summed E-state index contributed by atoms with van der Waals surface area (Å²) in [6.45, 7) is 14.2. The van der Waals surface area contributed by atoms with Gasteiger partial charge in [0, 0.05) is 5.41 Å². The van der Waals surface area contributed by atoms with Crippen LogP contribution in [-0.4, -0.2) is 36.6 Å². The van der Waals surface area contributed by atoms with Crippen LogP contribution in [0.2, 0.25) is 0 Å². The molecule has 33 heavy (non-hydrogen) atoms. The molecule has 0 aliphatic rings. The summed E-state index contributed by atoms with van der Waals surface area (Å²) in [5.74, 6) is 1.63. The van der Waals surface area contributed by atoms with Crippen molar-refractivity contribution in [2.75, 3.05) is 26.4 Å². The van der Waals surface area contributed by atoms with E-state index in [1.165, 1.54) is 0 Å². The fraction of sp³-hybridized carbons (Fsp3) is 0.556. The van der Waals surface area contributed by atoms with Gasteiger partial charge in [0.05, 0.1) is 26.4 Å². The molecule has 0 aliphatic heterocycles. The van der Waals surface area contributed by atoms with E-state index in [4.69, 9.17) is 18.9 Å². The molecule has 184 valence electrons. The number of aromatic hydroxyl groups is 2. The molecule has 0 spiro atoms. The second-order valence-electron chi connectivity index (χ2n) is 8.66. The lowest BCUT2D eigenvalue weighted by Gasteiger charge is -2.29. The molecule has 0 aliphatic carbocycles. The number of phenols is 2. The Morgan fingerprint density at radius 3 is 1.00 bits per heavy atom. The van der Waals surface area contributed by atoms with Crippen molar-refractivity contribution < 1.29 is 29.2 Å². The van der Waals surface area contributed by atoms with Crippen LogP contribution in [0.5, 0.6) is 34.5 Å². The van der Waals surface area contributed by atoms with Crippen LogP contribution in [0.25, 0.3) is 0 Å². The van der Waals surface area contributed by atoms with Crippen molar-refractivity contribution in [1.29, 1.82) is 0 Å². The van der Waals surface area contributed by atoms with Gasteiger partial charge in [-0.15, -0.1) is 0 Å². The smallest absolute Gasteiger partial charge is 0.200 e. The first kappa shape index (κ1) is 26.5. The van der Waals surface area contributed by atoms with E-state index in [0.29, 0.717) is 49.4 Å². The van der Waals surface area contributed by atoms with Crippen molar-refractivity contribution in [2.24, 2.45) is 0 Å². The van der Waals surface area contributed by atoms with E-state index in [0.717, 1.165) is 36.8 Å². The second kappa shape index (κ2) is 12.5. The molecular weight excluding hydrogens is 420 g/mol. The Morgan fingerprint density at radius 1 is 0.545 bits per heavy atom. The van der Waals surface area contributed by atoms with E-state index in [1.54, 1.807) is 0 Å². The summed E-state index contributed by atoms with van der Waals surface area (Å²) in [5, 5.41) is 21.4. The minimum atomic E-state index is -0.523. The van der Waals surface area contributed by atoms with Crippen molar-refractivity contribution in [1.82, 2.24) is 0 Å². The van der Waals surface area contributed by atoms with Crippen LogP contribution in [0.3, 0.4) is 0 Å². The molecule has 2 N–H and O–H groups in total. The van der Waals surface area contributed by atoms with E-state index in [-0.39, 0.29) is 11.5 Å². The van der Waals surface area contributed by atoms with Gasteiger partial charge < -0.3 is 29.2 Å². The monoisotopic (exact) mass is 460 g/mol. The Bertz CT molecular complexity index is 761. The third-order valence-electron chi connectivity index (χ3n) is 5.37. The summed E-state index contributed by atoms with van der Waals surface area (Å²) in [7, 11) is 0. The first-order valence-corrected chi connectivity index (χ1v) is 12.1. The van der Waals surface area contributed by atoms with Crippen LogP contribution < -0.4 is 18.9 Å². The van der Waals surface area contributed by atoms with E-state index >= 15 is 0 Å². The third kappa shape index (κ3) is 6.62. The van der Waals surface area contributed by atoms with Gasteiger partial charge in [-0.3, -0.25) is 0 Å². The van der Waals surface area contributed by atoms with Gasteiger partial charge in [-0.25, -0.2) is 0 Å². The Hall–Kier alpha value is -2.76. The van der Waals surface area contributed by atoms with Gasteiger partial charge >= 0.3 is 0 Å². The molecule has 2 rings (SSSR count). The van der Waals surface area contributed by atoms with Crippen LogP contribution in [-0.2, 0) is 5.41 Å². The average molecular weight is 461 g/mol. The molecule has 2 aromatic rings. The van der Waals surface area contributed by atoms with Crippen LogP contribution in [0.15, 0.2) is 24.3 Å². The standard InChI is InChI=1S/C27H40O6/c1-7-11-30-21-15-19(16-22(25(21)28)31-12-8-2)27(5,6)20-17-23(32-13-9-3)26(29)24(18-20)33-14-10-4/h15-18,28-29H,7-14H2,1-6H3. The summed E-state index contributed by atoms with van der Waals surface area (Å²) in [6, 6.07) is 7.43. The van der Waals surface area contributed by atoms with Crippen molar-refractivity contribution in [3.63, 3.8) is 0 Å². The topological polar surface area (TPSA) is 77.4 Å². The third-order valence-corrected chi connectivity index (χ3v) is 5.37. The molecule has 0 unspecified atom stereocenters. The summed E-state index contributed by atoms with van der Waals surface area (Å²) >= 11 is 0. The van der Waals surface area contributed by atoms with E-state index < -0.39 is 5.41 Å². The highest BCUT2D eigenvalue weighted by Gasteiger charge is 2.29. The van der Waals surface area contributed by atoms with Gasteiger partial charge in [-0.1, -0.05) is 41.5 Å². The maximum Gasteiger partial charge on any atom is 0.200 e. The molecule has 0 bridgehead atoms. The lowest BCUT2D eigenvalue weighted by Crippen LogP contribution is -2.20. The van der Waals surface area contributed by atoms with Crippen LogP contribution in [0.1, 0.15) is 78.4 Å². The highest BCUT2D eigenvalue weighted by Crippen LogP contribution is 2.46. The van der Waals surface area contributed by atoms with Gasteiger partial charge in [-0.2, -0.15) is 0 Å². The molecule has 0 radical (unpaired) electrons. The molecular formula is C27H40O6.